The lowest BCUT2D eigenvalue weighted by Gasteiger charge is -2.29. The normalized spacial score (nSPS) is 35.1. The van der Waals surface area contributed by atoms with Gasteiger partial charge in [0.2, 0.25) is 0 Å². The summed E-state index contributed by atoms with van der Waals surface area (Å²) in [7, 11) is 0. The number of nitrogens with one attached hydrogen (secondary N) is 1. The maximum absolute atomic E-state index is 5.93. The summed E-state index contributed by atoms with van der Waals surface area (Å²) in [5.74, 6) is 1.16. The van der Waals surface area contributed by atoms with E-state index in [9.17, 15) is 0 Å². The SMILES string of the molecule is CCCNC(COCC)C1C(C)OC(C)C1C. The summed E-state index contributed by atoms with van der Waals surface area (Å²) in [6.45, 7) is 13.6. The minimum Gasteiger partial charge on any atom is -0.380 e. The average Bonchev–Trinajstić information content (AvgIpc) is 2.55. The molecule has 0 amide bonds. The lowest BCUT2D eigenvalue weighted by Crippen LogP contribution is -2.45. The second kappa shape index (κ2) is 7.34. The van der Waals surface area contributed by atoms with Gasteiger partial charge in [-0.05, 0) is 39.7 Å². The molecule has 0 aliphatic carbocycles. The van der Waals surface area contributed by atoms with Gasteiger partial charge < -0.3 is 14.8 Å². The summed E-state index contributed by atoms with van der Waals surface area (Å²) in [4.78, 5) is 0. The maximum Gasteiger partial charge on any atom is 0.0623 e. The molecule has 0 aromatic rings. The molecule has 0 saturated carbocycles. The molecule has 0 radical (unpaired) electrons. The fourth-order valence-corrected chi connectivity index (χ4v) is 2.87. The Labute approximate surface area is 106 Å². The van der Waals surface area contributed by atoms with Gasteiger partial charge in [0.1, 0.15) is 0 Å². The largest absolute Gasteiger partial charge is 0.380 e. The molecule has 3 nitrogen and oxygen atoms in total. The minimum absolute atomic E-state index is 0.329. The van der Waals surface area contributed by atoms with E-state index in [-0.39, 0.29) is 0 Å². The second-order valence-electron chi connectivity index (χ2n) is 5.20. The predicted octanol–water partition coefficient (Wildman–Crippen LogP) is 2.45. The molecule has 1 N–H and O–H groups in total. The van der Waals surface area contributed by atoms with Crippen LogP contribution >= 0.6 is 0 Å². The van der Waals surface area contributed by atoms with Crippen molar-refractivity contribution in [2.75, 3.05) is 19.8 Å². The molecule has 3 heteroatoms. The van der Waals surface area contributed by atoms with Crippen molar-refractivity contribution in [3.05, 3.63) is 0 Å². The van der Waals surface area contributed by atoms with E-state index in [0.29, 0.717) is 30.1 Å². The highest BCUT2D eigenvalue weighted by Crippen LogP contribution is 2.34. The van der Waals surface area contributed by atoms with Gasteiger partial charge in [-0.1, -0.05) is 13.8 Å². The molecule has 0 bridgehead atoms. The van der Waals surface area contributed by atoms with Crippen LogP contribution in [0, 0.1) is 11.8 Å². The molecule has 17 heavy (non-hydrogen) atoms. The standard InChI is InChI=1S/C14H29NO2/c1-6-8-15-13(9-16-7-2)14-10(3)11(4)17-12(14)5/h10-15H,6-9H2,1-5H3. The quantitative estimate of drug-likeness (QED) is 0.745. The molecule has 1 aliphatic rings. The van der Waals surface area contributed by atoms with Crippen LogP contribution in [0.4, 0.5) is 0 Å². The molecule has 1 fully saturated rings. The summed E-state index contributed by atoms with van der Waals surface area (Å²) < 4.78 is 11.6. The topological polar surface area (TPSA) is 30.5 Å². The Morgan fingerprint density at radius 2 is 1.88 bits per heavy atom. The van der Waals surface area contributed by atoms with Gasteiger partial charge in [-0.25, -0.2) is 0 Å². The van der Waals surface area contributed by atoms with E-state index in [1.54, 1.807) is 0 Å². The van der Waals surface area contributed by atoms with Gasteiger partial charge in [-0.15, -0.1) is 0 Å². The zero-order valence-corrected chi connectivity index (χ0v) is 12.0. The molecule has 5 unspecified atom stereocenters. The number of rotatable bonds is 7. The maximum atomic E-state index is 5.93. The molecule has 1 rings (SSSR count). The van der Waals surface area contributed by atoms with Crippen molar-refractivity contribution in [1.82, 2.24) is 5.32 Å². The summed E-state index contributed by atoms with van der Waals surface area (Å²) in [5.41, 5.74) is 0. The molecular formula is C14H29NO2. The van der Waals surface area contributed by atoms with Crippen molar-refractivity contribution in [2.24, 2.45) is 11.8 Å². The first-order valence-corrected chi connectivity index (χ1v) is 7.08. The summed E-state index contributed by atoms with van der Waals surface area (Å²) in [5, 5.41) is 3.62. The molecule has 0 aromatic heterocycles. The second-order valence-corrected chi connectivity index (χ2v) is 5.20. The Hall–Kier alpha value is -0.120. The Balaban J connectivity index is 2.60. The Morgan fingerprint density at radius 3 is 2.35 bits per heavy atom. The first-order chi connectivity index (χ1) is 8.11. The molecule has 5 atom stereocenters. The van der Waals surface area contributed by atoms with Crippen molar-refractivity contribution in [3.63, 3.8) is 0 Å². The number of ether oxygens (including phenoxy) is 2. The van der Waals surface area contributed by atoms with Crippen LogP contribution in [0.5, 0.6) is 0 Å². The molecule has 0 aromatic carbocycles. The van der Waals surface area contributed by atoms with Crippen molar-refractivity contribution < 1.29 is 9.47 Å². The fourth-order valence-electron chi connectivity index (χ4n) is 2.87. The van der Waals surface area contributed by atoms with Gasteiger partial charge in [0, 0.05) is 18.6 Å². The lowest BCUT2D eigenvalue weighted by atomic mass is 9.83. The predicted molar refractivity (Wildman–Crippen MR) is 71.2 cm³/mol. The van der Waals surface area contributed by atoms with Gasteiger partial charge in [0.25, 0.3) is 0 Å². The van der Waals surface area contributed by atoms with Gasteiger partial charge in [-0.3, -0.25) is 0 Å². The van der Waals surface area contributed by atoms with Crippen molar-refractivity contribution in [1.29, 1.82) is 0 Å². The summed E-state index contributed by atoms with van der Waals surface area (Å²) >= 11 is 0. The first kappa shape index (κ1) is 14.9. The van der Waals surface area contributed by atoms with Crippen molar-refractivity contribution in [2.45, 2.75) is 59.3 Å². The Morgan fingerprint density at radius 1 is 1.18 bits per heavy atom. The highest BCUT2D eigenvalue weighted by atomic mass is 16.5. The van der Waals surface area contributed by atoms with E-state index >= 15 is 0 Å². The van der Waals surface area contributed by atoms with Crippen LogP contribution in [0.2, 0.25) is 0 Å². The van der Waals surface area contributed by atoms with E-state index < -0.39 is 0 Å². The van der Waals surface area contributed by atoms with Gasteiger partial charge in [-0.2, -0.15) is 0 Å². The first-order valence-electron chi connectivity index (χ1n) is 7.08. The third-order valence-corrected chi connectivity index (χ3v) is 3.94. The van der Waals surface area contributed by atoms with E-state index in [0.717, 1.165) is 26.2 Å². The van der Waals surface area contributed by atoms with E-state index in [1.807, 2.05) is 0 Å². The van der Waals surface area contributed by atoms with Crippen molar-refractivity contribution >= 4 is 0 Å². The molecule has 0 spiro atoms. The zero-order valence-electron chi connectivity index (χ0n) is 12.0. The van der Waals surface area contributed by atoms with Crippen LogP contribution in [-0.4, -0.2) is 38.0 Å². The third-order valence-electron chi connectivity index (χ3n) is 3.94. The van der Waals surface area contributed by atoms with Crippen LogP contribution in [-0.2, 0) is 9.47 Å². The lowest BCUT2D eigenvalue weighted by molar-refractivity contribution is 0.0377. The summed E-state index contributed by atoms with van der Waals surface area (Å²) in [6.07, 6.45) is 1.85. The van der Waals surface area contributed by atoms with Crippen LogP contribution in [0.15, 0.2) is 0 Å². The van der Waals surface area contributed by atoms with Gasteiger partial charge in [0.05, 0.1) is 18.8 Å². The Kier molecular flexibility index (Phi) is 6.45. The minimum atomic E-state index is 0.329. The van der Waals surface area contributed by atoms with E-state index in [2.05, 4.69) is 39.9 Å². The highest BCUT2D eigenvalue weighted by Gasteiger charge is 2.41. The summed E-state index contributed by atoms with van der Waals surface area (Å²) in [6, 6.07) is 0.421. The molecule has 1 heterocycles. The average molecular weight is 243 g/mol. The third kappa shape index (κ3) is 3.94. The van der Waals surface area contributed by atoms with E-state index in [1.165, 1.54) is 0 Å². The molecule has 1 saturated heterocycles. The molecule has 102 valence electrons. The van der Waals surface area contributed by atoms with Crippen LogP contribution < -0.4 is 5.32 Å². The van der Waals surface area contributed by atoms with Crippen molar-refractivity contribution in [3.8, 4) is 0 Å². The van der Waals surface area contributed by atoms with Crippen LogP contribution in [0.1, 0.15) is 41.0 Å². The van der Waals surface area contributed by atoms with Gasteiger partial charge in [0.15, 0.2) is 0 Å². The number of hydrogen-bond acceptors (Lipinski definition) is 3. The van der Waals surface area contributed by atoms with Crippen LogP contribution in [0.25, 0.3) is 0 Å². The fraction of sp³-hybridized carbons (Fsp3) is 1.00. The van der Waals surface area contributed by atoms with Crippen LogP contribution in [0.3, 0.4) is 0 Å². The monoisotopic (exact) mass is 243 g/mol. The molecular weight excluding hydrogens is 214 g/mol. The van der Waals surface area contributed by atoms with E-state index in [4.69, 9.17) is 9.47 Å². The number of hydrogen-bond donors (Lipinski definition) is 1. The Bertz CT molecular complexity index is 202. The molecule has 1 aliphatic heterocycles. The van der Waals surface area contributed by atoms with Gasteiger partial charge >= 0.3 is 0 Å². The zero-order chi connectivity index (χ0) is 12.8. The smallest absolute Gasteiger partial charge is 0.0623 e. The highest BCUT2D eigenvalue weighted by molar-refractivity contribution is 4.91.